The van der Waals surface area contributed by atoms with Gasteiger partial charge in [0.1, 0.15) is 0 Å². The minimum atomic E-state index is -2.74. The lowest BCUT2D eigenvalue weighted by Gasteiger charge is -2.37. The van der Waals surface area contributed by atoms with Crippen molar-refractivity contribution in [2.24, 2.45) is 4.99 Å². The number of aliphatic hydroxyl groups excluding tert-OH is 1. The first-order valence-electron chi connectivity index (χ1n) is 12.8. The van der Waals surface area contributed by atoms with Crippen molar-refractivity contribution in [2.75, 3.05) is 20.0 Å². The minimum absolute atomic E-state index is 0.147. The van der Waals surface area contributed by atoms with Gasteiger partial charge >= 0.3 is 17.9 Å². The van der Waals surface area contributed by atoms with Crippen molar-refractivity contribution in [1.29, 1.82) is 0 Å². The summed E-state index contributed by atoms with van der Waals surface area (Å²) < 4.78 is 11.4. The number of hydrogen-bond donors (Lipinski definition) is 5. The smallest absolute Gasteiger partial charge is 0.336 e. The molecular weight excluding hydrogens is 558 g/mol. The van der Waals surface area contributed by atoms with E-state index in [4.69, 9.17) is 34.9 Å². The highest BCUT2D eigenvalue weighted by atomic mass is 32.2. The van der Waals surface area contributed by atoms with Crippen LogP contribution in [0, 0.1) is 0 Å². The molecule has 0 radical (unpaired) electrons. The number of aliphatic hydroxyl groups is 2. The third-order valence-corrected chi connectivity index (χ3v) is 7.32. The fourth-order valence-corrected chi connectivity index (χ4v) is 5.18. The molecule has 0 saturated heterocycles. The summed E-state index contributed by atoms with van der Waals surface area (Å²) in [5.74, 6) is -3.42. The van der Waals surface area contributed by atoms with Crippen molar-refractivity contribution < 1.29 is 49.4 Å². The highest BCUT2D eigenvalue weighted by Gasteiger charge is 2.41. The van der Waals surface area contributed by atoms with Gasteiger partial charge in [-0.05, 0) is 50.1 Å². The van der Waals surface area contributed by atoms with Crippen LogP contribution in [0.5, 0.6) is 11.5 Å². The Hall–Kier alpha value is -3.75. The lowest BCUT2D eigenvalue weighted by atomic mass is 9.74. The Labute approximate surface area is 240 Å². The predicted molar refractivity (Wildman–Crippen MR) is 147 cm³/mol. The SMILES string of the molecule is CCOc1cc2c(cc1OC)C(c1cnc(SC)nc1)=N[C@@H]1CC[C@@H](O)C[C@H]21.O=C(O)CC(O)(CC(=O)O)C(=O)O. The lowest BCUT2D eigenvalue weighted by Crippen LogP contribution is -2.42. The van der Waals surface area contributed by atoms with Gasteiger partial charge in [-0.25, -0.2) is 14.8 Å². The standard InChI is InChI=1S/C21H25N3O3S.C6H8O7/c1-4-27-19-8-14-15-7-13(25)5-6-17(15)24-20(16(14)9-18(19)26-2)12-10-22-21(28-3)23-11-12;7-3(8)1-6(13,5(11)12)2-4(9)10/h8-11,13,15,17,25H,4-7H2,1-3H3;13H,1-2H2,(H,7,8)(H,9,10)(H,11,12)/t13-,15-,17-;/m1./s1. The first-order chi connectivity index (χ1) is 19.4. The molecule has 0 amide bonds. The van der Waals surface area contributed by atoms with Crippen LogP contribution < -0.4 is 9.47 Å². The number of aliphatic carboxylic acids is 3. The normalized spacial score (nSPS) is 19.4. The van der Waals surface area contributed by atoms with Gasteiger partial charge in [0.05, 0.1) is 44.4 Å². The number of thioether (sulfide) groups is 1. The van der Waals surface area contributed by atoms with E-state index in [1.54, 1.807) is 7.11 Å². The topological polar surface area (TPSA) is 209 Å². The Morgan fingerprint density at radius 2 is 1.68 bits per heavy atom. The Kier molecular flexibility index (Phi) is 10.7. The summed E-state index contributed by atoms with van der Waals surface area (Å²) in [7, 11) is 1.65. The molecule has 1 aliphatic carbocycles. The van der Waals surface area contributed by atoms with Crippen LogP contribution in [0.4, 0.5) is 0 Å². The number of benzene rings is 1. The molecule has 1 aromatic carbocycles. The van der Waals surface area contributed by atoms with E-state index in [-0.39, 0.29) is 18.1 Å². The molecule has 1 aliphatic heterocycles. The van der Waals surface area contributed by atoms with Crippen LogP contribution in [0.3, 0.4) is 0 Å². The van der Waals surface area contributed by atoms with Crippen LogP contribution in [0.15, 0.2) is 34.7 Å². The van der Waals surface area contributed by atoms with Crippen molar-refractivity contribution in [3.8, 4) is 11.5 Å². The fraction of sp³-hybridized carbons (Fsp3) is 0.481. The summed E-state index contributed by atoms with van der Waals surface area (Å²) >= 11 is 1.52. The first kappa shape index (κ1) is 31.8. The number of methoxy groups -OCH3 is 1. The first-order valence-corrected chi connectivity index (χ1v) is 14.0. The summed E-state index contributed by atoms with van der Waals surface area (Å²) in [6.07, 6.45) is 5.42. The molecule has 0 spiro atoms. The van der Waals surface area contributed by atoms with Crippen molar-refractivity contribution >= 4 is 35.4 Å². The molecule has 2 heterocycles. The van der Waals surface area contributed by atoms with Gasteiger partial charge in [0.15, 0.2) is 22.3 Å². The number of aliphatic imine (C=N–C) groups is 1. The Balaban J connectivity index is 0.000000302. The molecule has 1 fully saturated rings. The van der Waals surface area contributed by atoms with Gasteiger partial charge in [-0.3, -0.25) is 14.6 Å². The monoisotopic (exact) mass is 591 g/mol. The molecular formula is C27H33N3O10S. The molecule has 2 aromatic rings. The molecule has 5 N–H and O–H groups in total. The molecule has 0 bridgehead atoms. The predicted octanol–water partition coefficient (Wildman–Crippen LogP) is 2.21. The fourth-order valence-electron chi connectivity index (χ4n) is 4.86. The zero-order valence-corrected chi connectivity index (χ0v) is 23.6. The second-order valence-electron chi connectivity index (χ2n) is 9.58. The van der Waals surface area contributed by atoms with E-state index in [1.807, 2.05) is 31.6 Å². The van der Waals surface area contributed by atoms with Crippen LogP contribution >= 0.6 is 11.8 Å². The van der Waals surface area contributed by atoms with Gasteiger partial charge in [0, 0.05) is 29.4 Å². The van der Waals surface area contributed by atoms with E-state index in [0.717, 1.165) is 46.1 Å². The summed E-state index contributed by atoms with van der Waals surface area (Å²) in [5, 5.41) is 44.8. The van der Waals surface area contributed by atoms with E-state index in [2.05, 4.69) is 16.0 Å². The van der Waals surface area contributed by atoms with Crippen LogP contribution in [0.2, 0.25) is 0 Å². The average molecular weight is 592 g/mol. The molecule has 41 heavy (non-hydrogen) atoms. The number of nitrogens with zero attached hydrogens (tertiary/aromatic N) is 3. The second-order valence-corrected chi connectivity index (χ2v) is 10.4. The molecule has 2 aliphatic rings. The number of carboxylic acid groups (broad SMARTS) is 3. The molecule has 1 aromatic heterocycles. The summed E-state index contributed by atoms with van der Waals surface area (Å²) in [4.78, 5) is 44.4. The lowest BCUT2D eigenvalue weighted by molar-refractivity contribution is -0.170. The van der Waals surface area contributed by atoms with Crippen LogP contribution in [-0.2, 0) is 14.4 Å². The maximum atomic E-state index is 10.3. The minimum Gasteiger partial charge on any atom is -0.493 e. The van der Waals surface area contributed by atoms with Gasteiger partial charge in [-0.2, -0.15) is 0 Å². The number of rotatable bonds is 10. The Bertz CT molecular complexity index is 1280. The Morgan fingerprint density at radius 3 is 2.20 bits per heavy atom. The molecule has 0 unspecified atom stereocenters. The zero-order valence-electron chi connectivity index (χ0n) is 22.8. The molecule has 3 atom stereocenters. The zero-order chi connectivity index (χ0) is 30.3. The summed E-state index contributed by atoms with van der Waals surface area (Å²) in [6, 6.07) is 4.21. The maximum absolute atomic E-state index is 10.3. The number of fused-ring (bicyclic) bond motifs is 3. The molecule has 1 saturated carbocycles. The number of hydrogen-bond acceptors (Lipinski definition) is 11. The van der Waals surface area contributed by atoms with E-state index in [9.17, 15) is 19.5 Å². The van der Waals surface area contributed by atoms with Crippen LogP contribution in [0.25, 0.3) is 0 Å². The largest absolute Gasteiger partial charge is 0.493 e. The molecule has 13 nitrogen and oxygen atoms in total. The van der Waals surface area contributed by atoms with E-state index in [0.29, 0.717) is 18.8 Å². The highest BCUT2D eigenvalue weighted by Crippen LogP contribution is 2.44. The van der Waals surface area contributed by atoms with Gasteiger partial charge in [-0.1, -0.05) is 11.8 Å². The van der Waals surface area contributed by atoms with Crippen LogP contribution in [-0.4, -0.2) is 96.8 Å². The molecule has 4 rings (SSSR count). The average Bonchev–Trinajstić information content (AvgIpc) is 2.92. The van der Waals surface area contributed by atoms with Crippen LogP contribution in [0.1, 0.15) is 61.6 Å². The van der Waals surface area contributed by atoms with Gasteiger partial charge < -0.3 is 35.0 Å². The van der Waals surface area contributed by atoms with Crippen molar-refractivity contribution in [2.45, 2.75) is 67.8 Å². The molecule has 14 heteroatoms. The Morgan fingerprint density at radius 1 is 1.05 bits per heavy atom. The number of carboxylic acids is 3. The summed E-state index contributed by atoms with van der Waals surface area (Å²) in [6.45, 7) is 2.53. The quantitative estimate of drug-likeness (QED) is 0.198. The van der Waals surface area contributed by atoms with E-state index < -0.39 is 36.4 Å². The highest BCUT2D eigenvalue weighted by molar-refractivity contribution is 7.98. The number of carbonyl (C=O) groups is 3. The third kappa shape index (κ3) is 7.71. The van der Waals surface area contributed by atoms with Gasteiger partial charge in [0.2, 0.25) is 0 Å². The summed E-state index contributed by atoms with van der Waals surface area (Å²) in [5.41, 5.74) is 1.22. The van der Waals surface area contributed by atoms with Crippen molar-refractivity contribution in [1.82, 2.24) is 9.97 Å². The number of aromatic nitrogens is 2. The van der Waals surface area contributed by atoms with Crippen molar-refractivity contribution in [3.63, 3.8) is 0 Å². The second kappa shape index (κ2) is 13.7. The van der Waals surface area contributed by atoms with E-state index in [1.165, 1.54) is 11.8 Å². The van der Waals surface area contributed by atoms with Gasteiger partial charge in [-0.15, -0.1) is 0 Å². The number of ether oxygens (including phenoxy) is 2. The maximum Gasteiger partial charge on any atom is 0.336 e. The van der Waals surface area contributed by atoms with E-state index >= 15 is 0 Å². The van der Waals surface area contributed by atoms with Gasteiger partial charge in [0.25, 0.3) is 0 Å². The third-order valence-electron chi connectivity index (χ3n) is 6.74. The molecule has 222 valence electrons. The van der Waals surface area contributed by atoms with Crippen molar-refractivity contribution in [3.05, 3.63) is 41.2 Å².